The molecule has 0 fully saturated rings. The molecule has 0 aromatic heterocycles. The summed E-state index contributed by atoms with van der Waals surface area (Å²) in [5, 5.41) is 0. The number of hydrogen-bond acceptors (Lipinski definition) is 4. The Morgan fingerprint density at radius 3 is 2.00 bits per heavy atom. The van der Waals surface area contributed by atoms with E-state index in [1.807, 2.05) is 0 Å². The van der Waals surface area contributed by atoms with Crippen LogP contribution in [0.15, 0.2) is 0 Å². The molecule has 0 aliphatic heterocycles. The Balaban J connectivity index is 0. The summed E-state index contributed by atoms with van der Waals surface area (Å²) in [6.45, 7) is -1.28. The van der Waals surface area contributed by atoms with E-state index in [0.717, 1.165) is 0 Å². The van der Waals surface area contributed by atoms with E-state index in [-0.39, 0.29) is 51.4 Å². The van der Waals surface area contributed by atoms with Gasteiger partial charge in [-0.3, -0.25) is 0 Å². The topological polar surface area (TPSA) is 43.4 Å². The number of alkyl halides is 1. The van der Waals surface area contributed by atoms with Crippen LogP contribution in [0.2, 0.25) is 0 Å². The van der Waals surface area contributed by atoms with Crippen molar-refractivity contribution in [2.24, 2.45) is 0 Å². The maximum atomic E-state index is 10.6. The molecule has 0 atom stereocenters. The third kappa shape index (κ3) is 11.2. The van der Waals surface area contributed by atoms with Crippen LogP contribution in [0.5, 0.6) is 0 Å². The summed E-state index contributed by atoms with van der Waals surface area (Å²) in [6.07, 6.45) is 0. The molecular weight excluding hydrogens is 150 g/mol. The molecular formula is CH2FKO3S. The van der Waals surface area contributed by atoms with Crippen molar-refractivity contribution in [2.75, 3.05) is 6.86 Å². The maximum Gasteiger partial charge on any atom is 1.00 e. The molecule has 0 amide bonds. The molecule has 0 unspecified atom stereocenters. The Kier molecular flexibility index (Phi) is 12.1. The van der Waals surface area contributed by atoms with Gasteiger partial charge in [0.15, 0.2) is 6.86 Å². The van der Waals surface area contributed by atoms with E-state index < -0.39 is 17.8 Å². The fourth-order valence-corrected chi connectivity index (χ4v) is 0.109. The summed E-state index contributed by atoms with van der Waals surface area (Å²) in [5.74, 6) is 0. The van der Waals surface area contributed by atoms with E-state index in [4.69, 9.17) is 8.42 Å². The van der Waals surface area contributed by atoms with Gasteiger partial charge in [-0.2, -0.15) is 0 Å². The van der Waals surface area contributed by atoms with Gasteiger partial charge in [0.25, 0.3) is 0 Å². The van der Waals surface area contributed by atoms with Crippen LogP contribution in [0.4, 0.5) is 4.39 Å². The summed E-state index contributed by atoms with van der Waals surface area (Å²) in [4.78, 5) is 0. The van der Waals surface area contributed by atoms with E-state index in [1.165, 1.54) is 0 Å². The van der Waals surface area contributed by atoms with Gasteiger partial charge in [-0.1, -0.05) is 0 Å². The van der Waals surface area contributed by atoms with Crippen molar-refractivity contribution in [3.05, 3.63) is 0 Å². The van der Waals surface area contributed by atoms with Crippen molar-refractivity contribution in [2.45, 2.75) is 0 Å². The first-order valence-corrected chi connectivity index (χ1v) is 2.06. The van der Waals surface area contributed by atoms with Gasteiger partial charge in [0.05, 0.1) is 11.0 Å². The molecule has 0 heterocycles. The van der Waals surface area contributed by atoms with Crippen LogP contribution < -0.4 is 51.4 Å². The Labute approximate surface area is 84.8 Å². The van der Waals surface area contributed by atoms with Gasteiger partial charge in [0, 0.05) is 0 Å². The van der Waals surface area contributed by atoms with Crippen LogP contribution in [-0.4, -0.2) is 6.86 Å². The summed E-state index contributed by atoms with van der Waals surface area (Å²) in [6, 6.07) is 0. The van der Waals surface area contributed by atoms with Crippen molar-refractivity contribution in [1.82, 2.24) is 0 Å². The SMILES string of the molecule is O=[S-](=O)OCF.[K+]. The molecule has 0 aliphatic carbocycles. The third-order valence-corrected chi connectivity index (χ3v) is 0.422. The van der Waals surface area contributed by atoms with Crippen LogP contribution in [-0.2, 0) is 23.6 Å². The Morgan fingerprint density at radius 2 is 2.00 bits per heavy atom. The van der Waals surface area contributed by atoms with Gasteiger partial charge in [0.1, 0.15) is 0 Å². The van der Waals surface area contributed by atoms with Crippen LogP contribution in [0, 0.1) is 0 Å². The zero-order valence-electron chi connectivity index (χ0n) is 3.72. The molecule has 0 saturated carbocycles. The molecule has 7 heavy (non-hydrogen) atoms. The van der Waals surface area contributed by atoms with Gasteiger partial charge >= 0.3 is 51.4 Å². The average Bonchev–Trinajstić information content (AvgIpc) is 1.35. The molecule has 0 radical (unpaired) electrons. The first-order chi connectivity index (χ1) is 2.77. The zero-order valence-corrected chi connectivity index (χ0v) is 7.66. The number of hydrogen-bond donors (Lipinski definition) is 0. The molecule has 0 aromatic rings. The van der Waals surface area contributed by atoms with Crippen molar-refractivity contribution in [1.29, 1.82) is 0 Å². The fraction of sp³-hybridized carbons (Fsp3) is 1.00. The third-order valence-electron chi connectivity index (χ3n) is 0.141. The number of halogens is 1. The van der Waals surface area contributed by atoms with Crippen LogP contribution in [0.25, 0.3) is 0 Å². The Morgan fingerprint density at radius 1 is 1.57 bits per heavy atom. The van der Waals surface area contributed by atoms with Crippen LogP contribution >= 0.6 is 0 Å². The Hall–Kier alpha value is 1.48. The van der Waals surface area contributed by atoms with Crippen molar-refractivity contribution < 1.29 is 68.4 Å². The molecule has 6 heteroatoms. The molecule has 3 nitrogen and oxygen atoms in total. The molecule has 0 bridgehead atoms. The van der Waals surface area contributed by atoms with E-state index in [0.29, 0.717) is 0 Å². The predicted octanol–water partition coefficient (Wildman–Crippen LogP) is -2.84. The zero-order chi connectivity index (χ0) is 4.99. The second-order valence-electron chi connectivity index (χ2n) is 0.431. The van der Waals surface area contributed by atoms with Gasteiger partial charge in [0.2, 0.25) is 0 Å². The molecule has 0 aliphatic rings. The van der Waals surface area contributed by atoms with Crippen LogP contribution in [0.1, 0.15) is 0 Å². The maximum absolute atomic E-state index is 10.6. The van der Waals surface area contributed by atoms with Gasteiger partial charge in [-0.25, -0.2) is 4.39 Å². The minimum absolute atomic E-state index is 0. The summed E-state index contributed by atoms with van der Waals surface area (Å²) in [7, 11) is -2.69. The second-order valence-corrected chi connectivity index (χ2v) is 1.08. The van der Waals surface area contributed by atoms with Gasteiger partial charge in [-0.15, -0.1) is 0 Å². The van der Waals surface area contributed by atoms with E-state index in [2.05, 4.69) is 4.18 Å². The largest absolute Gasteiger partial charge is 1.00 e. The predicted molar refractivity (Wildman–Crippen MR) is 15.8 cm³/mol. The van der Waals surface area contributed by atoms with E-state index >= 15 is 0 Å². The first-order valence-electron chi connectivity index (χ1n) is 1.06. The first kappa shape index (κ1) is 11.3. The van der Waals surface area contributed by atoms with Crippen molar-refractivity contribution in [3.63, 3.8) is 0 Å². The minimum Gasteiger partial charge on any atom is -0.398 e. The normalized spacial score (nSPS) is 8.29. The minimum atomic E-state index is -2.69. The molecule has 0 aromatic carbocycles. The van der Waals surface area contributed by atoms with Crippen molar-refractivity contribution >= 4 is 11.0 Å². The van der Waals surface area contributed by atoms with E-state index in [1.54, 1.807) is 0 Å². The molecule has 0 N–H and O–H groups in total. The van der Waals surface area contributed by atoms with Crippen molar-refractivity contribution in [3.8, 4) is 0 Å². The smallest absolute Gasteiger partial charge is 0.398 e. The van der Waals surface area contributed by atoms with E-state index in [9.17, 15) is 4.39 Å². The molecule has 38 valence electrons. The molecule has 0 saturated heterocycles. The monoisotopic (exact) mass is 152 g/mol. The fourth-order valence-electron chi connectivity index (χ4n) is 0.0364. The van der Waals surface area contributed by atoms with Crippen LogP contribution in [0.3, 0.4) is 0 Å². The second kappa shape index (κ2) is 7.48. The number of rotatable bonds is 2. The Bertz CT molecular complexity index is 82.9. The molecule has 0 spiro atoms. The standard InChI is InChI=1S/CH2FO3S.K/c2-1-5-6(3)4;/h1H2;/q-1;+1. The molecule has 0 rings (SSSR count). The average molecular weight is 152 g/mol. The van der Waals surface area contributed by atoms with Gasteiger partial charge < -0.3 is 12.6 Å². The quantitative estimate of drug-likeness (QED) is 0.316. The summed E-state index contributed by atoms with van der Waals surface area (Å²) < 4.78 is 32.2. The van der Waals surface area contributed by atoms with Gasteiger partial charge in [-0.05, 0) is 0 Å². The summed E-state index contributed by atoms with van der Waals surface area (Å²) in [5.41, 5.74) is 0. The summed E-state index contributed by atoms with van der Waals surface area (Å²) >= 11 is 0.